The lowest BCUT2D eigenvalue weighted by molar-refractivity contribution is -0.125. The lowest BCUT2D eigenvalue weighted by atomic mass is 9.79. The molecule has 2 amide bonds. The third-order valence-corrected chi connectivity index (χ3v) is 6.82. The third kappa shape index (κ3) is 3.21. The molecule has 0 aromatic heterocycles. The molecule has 156 valence electrons. The van der Waals surface area contributed by atoms with Gasteiger partial charge >= 0.3 is 0 Å². The lowest BCUT2D eigenvalue weighted by Gasteiger charge is -2.49. The van der Waals surface area contributed by atoms with Gasteiger partial charge in [-0.25, -0.2) is 0 Å². The second kappa shape index (κ2) is 7.44. The van der Waals surface area contributed by atoms with E-state index in [4.69, 9.17) is 0 Å². The summed E-state index contributed by atoms with van der Waals surface area (Å²) in [5.41, 5.74) is 2.20. The first-order valence-corrected chi connectivity index (χ1v) is 10.5. The number of aldehydes is 1. The number of anilines is 2. The van der Waals surface area contributed by atoms with Crippen LogP contribution in [0.5, 0.6) is 0 Å². The summed E-state index contributed by atoms with van der Waals surface area (Å²) in [6, 6.07) is 5.34. The Bertz CT molecular complexity index is 827. The first-order valence-electron chi connectivity index (χ1n) is 10.5. The van der Waals surface area contributed by atoms with Gasteiger partial charge in [-0.2, -0.15) is 0 Å². The van der Waals surface area contributed by atoms with Crippen LogP contribution in [0.25, 0.3) is 0 Å². The summed E-state index contributed by atoms with van der Waals surface area (Å²) in [6.45, 7) is 8.11. The molecule has 2 N–H and O–H groups in total. The van der Waals surface area contributed by atoms with Crippen molar-refractivity contribution >= 4 is 29.5 Å². The van der Waals surface area contributed by atoms with E-state index in [0.29, 0.717) is 12.3 Å². The van der Waals surface area contributed by atoms with Crippen LogP contribution >= 0.6 is 0 Å². The molecule has 3 aliphatic heterocycles. The maximum atomic E-state index is 13.3. The second-order valence-electron chi connectivity index (χ2n) is 8.97. The first kappa shape index (κ1) is 19.9. The van der Waals surface area contributed by atoms with Crippen LogP contribution in [0.1, 0.15) is 32.3 Å². The fourth-order valence-corrected chi connectivity index (χ4v) is 4.79. The molecule has 0 radical (unpaired) electrons. The highest BCUT2D eigenvalue weighted by Gasteiger charge is 2.49. The molecule has 3 heterocycles. The van der Waals surface area contributed by atoms with Gasteiger partial charge < -0.3 is 25.2 Å². The molecule has 0 spiro atoms. The van der Waals surface area contributed by atoms with Crippen LogP contribution in [0.4, 0.5) is 11.4 Å². The molecule has 0 saturated carbocycles. The van der Waals surface area contributed by atoms with E-state index in [-0.39, 0.29) is 18.2 Å². The molecule has 4 rings (SSSR count). The molecule has 1 atom stereocenters. The summed E-state index contributed by atoms with van der Waals surface area (Å²) in [7, 11) is 1.57. The van der Waals surface area contributed by atoms with Crippen LogP contribution in [0, 0.1) is 11.8 Å². The van der Waals surface area contributed by atoms with Gasteiger partial charge in [0, 0.05) is 37.8 Å². The number of rotatable bonds is 7. The Labute approximate surface area is 171 Å². The Morgan fingerprint density at radius 2 is 1.97 bits per heavy atom. The number of nitrogens with one attached hydrogen (secondary N) is 2. The van der Waals surface area contributed by atoms with Crippen molar-refractivity contribution in [2.24, 2.45) is 11.8 Å². The number of hydrogen-bond donors (Lipinski definition) is 2. The molecule has 2 saturated heterocycles. The first-order chi connectivity index (χ1) is 13.9. The van der Waals surface area contributed by atoms with Crippen molar-refractivity contribution < 1.29 is 14.4 Å². The molecule has 1 unspecified atom stereocenters. The van der Waals surface area contributed by atoms with Gasteiger partial charge in [-0.15, -0.1) is 0 Å². The number of hydrogen-bond acceptors (Lipinski definition) is 5. The summed E-state index contributed by atoms with van der Waals surface area (Å²) in [5, 5.41) is 5.92. The minimum Gasteiger partial charge on any atom is -0.371 e. The van der Waals surface area contributed by atoms with Gasteiger partial charge in [0.2, 0.25) is 11.8 Å². The minimum absolute atomic E-state index is 0.0748. The van der Waals surface area contributed by atoms with Gasteiger partial charge in [-0.3, -0.25) is 9.59 Å². The van der Waals surface area contributed by atoms with Crippen molar-refractivity contribution in [2.75, 3.05) is 43.0 Å². The molecule has 7 heteroatoms. The van der Waals surface area contributed by atoms with Gasteiger partial charge in [0.15, 0.2) is 0 Å². The number of nitrogens with zero attached hydrogens (tertiary/aromatic N) is 2. The molecule has 3 aliphatic rings. The quantitative estimate of drug-likeness (QED) is 0.672. The SMILES string of the molecule is CNC(=O)CCC(C=O)N1C(=O)C(C)(C)c2c(N3CC(C4CNC4)C3)cccc21. The Morgan fingerprint density at radius 1 is 1.28 bits per heavy atom. The third-order valence-electron chi connectivity index (χ3n) is 6.82. The Morgan fingerprint density at radius 3 is 2.55 bits per heavy atom. The van der Waals surface area contributed by atoms with E-state index >= 15 is 0 Å². The van der Waals surface area contributed by atoms with Crippen molar-refractivity contribution in [1.29, 1.82) is 0 Å². The highest BCUT2D eigenvalue weighted by Crippen LogP contribution is 2.49. The van der Waals surface area contributed by atoms with Crippen LogP contribution in [-0.4, -0.2) is 57.4 Å². The van der Waals surface area contributed by atoms with Crippen LogP contribution in [0.15, 0.2) is 18.2 Å². The van der Waals surface area contributed by atoms with E-state index in [1.165, 1.54) is 0 Å². The molecule has 1 aromatic rings. The van der Waals surface area contributed by atoms with Gasteiger partial charge in [-0.1, -0.05) is 6.07 Å². The second-order valence-corrected chi connectivity index (χ2v) is 8.97. The smallest absolute Gasteiger partial charge is 0.237 e. The van der Waals surface area contributed by atoms with Crippen LogP contribution < -0.4 is 20.4 Å². The highest BCUT2D eigenvalue weighted by atomic mass is 16.2. The molecular weight excluding hydrogens is 368 g/mol. The molecule has 2 fully saturated rings. The predicted molar refractivity (Wildman–Crippen MR) is 112 cm³/mol. The van der Waals surface area contributed by atoms with Gasteiger partial charge in [-0.05, 0) is 57.3 Å². The van der Waals surface area contributed by atoms with Crippen molar-refractivity contribution in [3.05, 3.63) is 23.8 Å². The van der Waals surface area contributed by atoms with Gasteiger partial charge in [0.05, 0.1) is 17.1 Å². The van der Waals surface area contributed by atoms with Crippen molar-refractivity contribution in [3.63, 3.8) is 0 Å². The van der Waals surface area contributed by atoms with Crippen LogP contribution in [0.3, 0.4) is 0 Å². The van der Waals surface area contributed by atoms with Crippen LogP contribution in [-0.2, 0) is 19.8 Å². The fraction of sp³-hybridized carbons (Fsp3) is 0.591. The van der Waals surface area contributed by atoms with E-state index in [9.17, 15) is 14.4 Å². The largest absolute Gasteiger partial charge is 0.371 e. The fourth-order valence-electron chi connectivity index (χ4n) is 4.79. The van der Waals surface area contributed by atoms with E-state index in [1.807, 2.05) is 26.0 Å². The number of amides is 2. The number of benzene rings is 1. The number of carbonyl (C=O) groups is 3. The average molecular weight is 399 g/mol. The zero-order chi connectivity index (χ0) is 20.8. The van der Waals surface area contributed by atoms with Crippen molar-refractivity contribution in [3.8, 4) is 0 Å². The lowest BCUT2D eigenvalue weighted by Crippen LogP contribution is -2.58. The van der Waals surface area contributed by atoms with Crippen molar-refractivity contribution in [1.82, 2.24) is 10.6 Å². The summed E-state index contributed by atoms with van der Waals surface area (Å²) in [4.78, 5) is 40.8. The Hall–Kier alpha value is -2.41. The van der Waals surface area contributed by atoms with E-state index in [1.54, 1.807) is 11.9 Å². The summed E-state index contributed by atoms with van der Waals surface area (Å²) in [5.74, 6) is 1.26. The highest BCUT2D eigenvalue weighted by molar-refractivity contribution is 6.11. The summed E-state index contributed by atoms with van der Waals surface area (Å²) >= 11 is 0. The van der Waals surface area contributed by atoms with E-state index in [0.717, 1.165) is 55.3 Å². The summed E-state index contributed by atoms with van der Waals surface area (Å²) < 4.78 is 0. The molecule has 29 heavy (non-hydrogen) atoms. The topological polar surface area (TPSA) is 81.8 Å². The van der Waals surface area contributed by atoms with Gasteiger partial charge in [0.25, 0.3) is 0 Å². The van der Waals surface area contributed by atoms with Crippen molar-refractivity contribution in [2.45, 2.75) is 38.1 Å². The minimum atomic E-state index is -0.705. The zero-order valence-electron chi connectivity index (χ0n) is 17.4. The van der Waals surface area contributed by atoms with Crippen LogP contribution in [0.2, 0.25) is 0 Å². The average Bonchev–Trinajstić information content (AvgIpc) is 2.84. The van der Waals surface area contributed by atoms with E-state index in [2.05, 4.69) is 21.6 Å². The normalized spacial score (nSPS) is 22.0. The zero-order valence-corrected chi connectivity index (χ0v) is 17.4. The maximum absolute atomic E-state index is 13.3. The molecule has 0 bridgehead atoms. The molecular formula is C22H30N4O3. The Kier molecular flexibility index (Phi) is 5.11. The molecule has 1 aromatic carbocycles. The number of fused-ring (bicyclic) bond motifs is 1. The Balaban J connectivity index is 1.61. The summed E-state index contributed by atoms with van der Waals surface area (Å²) in [6.07, 6.45) is 1.32. The monoisotopic (exact) mass is 398 g/mol. The molecule has 0 aliphatic carbocycles. The number of carbonyl (C=O) groups excluding carboxylic acids is 3. The molecule has 7 nitrogen and oxygen atoms in total. The predicted octanol–water partition coefficient (Wildman–Crippen LogP) is 1.06. The van der Waals surface area contributed by atoms with E-state index < -0.39 is 11.5 Å². The standard InChI is InChI=1S/C22H30N4O3/c1-22(2)20-17(25-11-15(12-25)14-9-24-10-14)5-4-6-18(20)26(21(22)29)16(13-27)7-8-19(28)23-3/h4-6,13-16,24H,7-12H2,1-3H3,(H,23,28). The van der Waals surface area contributed by atoms with Gasteiger partial charge in [0.1, 0.15) is 6.29 Å². The maximum Gasteiger partial charge on any atom is 0.237 e.